The monoisotopic (exact) mass is 467 g/mol. The molecule has 2 amide bonds. The second-order valence-electron chi connectivity index (χ2n) is 7.97. The van der Waals surface area contributed by atoms with Crippen LogP contribution in [0.2, 0.25) is 0 Å². The summed E-state index contributed by atoms with van der Waals surface area (Å²) in [5.74, 6) is -0.0424. The third-order valence-electron chi connectivity index (χ3n) is 5.55. The van der Waals surface area contributed by atoms with Crippen LogP contribution in [-0.4, -0.2) is 29.7 Å². The minimum Gasteiger partial charge on any atom is -0.507 e. The summed E-state index contributed by atoms with van der Waals surface area (Å²) in [6, 6.07) is 25.1. The molecule has 4 aromatic carbocycles. The van der Waals surface area contributed by atoms with E-state index in [1.165, 1.54) is 6.07 Å². The largest absolute Gasteiger partial charge is 0.507 e. The van der Waals surface area contributed by atoms with Gasteiger partial charge in [-0.1, -0.05) is 54.6 Å². The van der Waals surface area contributed by atoms with Gasteiger partial charge in [-0.3, -0.25) is 9.59 Å². The van der Waals surface area contributed by atoms with E-state index in [9.17, 15) is 14.7 Å². The van der Waals surface area contributed by atoms with E-state index in [4.69, 9.17) is 4.74 Å². The van der Waals surface area contributed by atoms with E-state index in [-0.39, 0.29) is 23.6 Å². The van der Waals surface area contributed by atoms with Gasteiger partial charge in [0.2, 0.25) is 5.91 Å². The molecule has 7 nitrogen and oxygen atoms in total. The van der Waals surface area contributed by atoms with Gasteiger partial charge in [0.05, 0.1) is 24.8 Å². The van der Waals surface area contributed by atoms with Gasteiger partial charge >= 0.3 is 0 Å². The standard InChI is InChI=1S/C28H25N3O4/c1-18(30-31-28(34)27-24-9-4-3-6-20(24)12-15-25(27)32)21-7-5-8-22(17-21)29-26(33)16-19-10-13-23(35-2)14-11-19/h3-15,17,32H,16H2,1-2H3,(H,29,33)(H,31,34)/b30-18+. The molecule has 0 radical (unpaired) electrons. The molecule has 0 bridgehead atoms. The maximum Gasteiger partial charge on any atom is 0.275 e. The Labute approximate surface area is 203 Å². The molecule has 0 aromatic heterocycles. The van der Waals surface area contributed by atoms with Crippen molar-refractivity contribution in [2.45, 2.75) is 13.3 Å². The van der Waals surface area contributed by atoms with Gasteiger partial charge in [-0.25, -0.2) is 5.43 Å². The van der Waals surface area contributed by atoms with Crippen molar-refractivity contribution in [3.8, 4) is 11.5 Å². The van der Waals surface area contributed by atoms with Crippen LogP contribution >= 0.6 is 0 Å². The summed E-state index contributed by atoms with van der Waals surface area (Å²) < 4.78 is 5.14. The number of hydrazone groups is 1. The van der Waals surface area contributed by atoms with Crippen LogP contribution < -0.4 is 15.5 Å². The van der Waals surface area contributed by atoms with E-state index in [0.717, 1.165) is 22.3 Å². The first-order chi connectivity index (χ1) is 16.9. The molecular weight excluding hydrogens is 442 g/mol. The van der Waals surface area contributed by atoms with Crippen molar-refractivity contribution in [3.63, 3.8) is 0 Å². The lowest BCUT2D eigenvalue weighted by molar-refractivity contribution is -0.115. The third kappa shape index (κ3) is 5.65. The zero-order valence-corrected chi connectivity index (χ0v) is 19.4. The number of aromatic hydroxyl groups is 1. The van der Waals surface area contributed by atoms with Crippen molar-refractivity contribution in [2.75, 3.05) is 12.4 Å². The van der Waals surface area contributed by atoms with Crippen LogP contribution in [0.5, 0.6) is 11.5 Å². The molecule has 0 unspecified atom stereocenters. The predicted molar refractivity (Wildman–Crippen MR) is 137 cm³/mol. The van der Waals surface area contributed by atoms with Crippen molar-refractivity contribution in [1.82, 2.24) is 5.43 Å². The molecule has 0 heterocycles. The van der Waals surface area contributed by atoms with E-state index < -0.39 is 5.91 Å². The summed E-state index contributed by atoms with van der Waals surface area (Å²) in [4.78, 5) is 25.3. The number of phenolic OH excluding ortho intramolecular Hbond substituents is 1. The number of phenols is 1. The highest BCUT2D eigenvalue weighted by atomic mass is 16.5. The zero-order chi connectivity index (χ0) is 24.8. The van der Waals surface area contributed by atoms with Gasteiger partial charge in [-0.15, -0.1) is 0 Å². The summed E-state index contributed by atoms with van der Waals surface area (Å²) in [6.45, 7) is 1.75. The van der Waals surface area contributed by atoms with Crippen LogP contribution in [0, 0.1) is 0 Å². The summed E-state index contributed by atoms with van der Waals surface area (Å²) in [5, 5.41) is 18.8. The Morgan fingerprint density at radius 2 is 1.71 bits per heavy atom. The molecule has 4 aromatic rings. The molecule has 0 saturated carbocycles. The lowest BCUT2D eigenvalue weighted by atomic mass is 10.0. The molecule has 0 atom stereocenters. The molecule has 0 spiro atoms. The molecule has 35 heavy (non-hydrogen) atoms. The first-order valence-electron chi connectivity index (χ1n) is 11.0. The number of nitrogens with zero attached hydrogens (tertiary/aromatic N) is 1. The molecule has 7 heteroatoms. The number of hydrogen-bond acceptors (Lipinski definition) is 5. The number of ether oxygens (including phenoxy) is 1. The van der Waals surface area contributed by atoms with E-state index >= 15 is 0 Å². The average molecular weight is 468 g/mol. The molecule has 0 aliphatic rings. The van der Waals surface area contributed by atoms with Gasteiger partial charge in [-0.05, 0) is 59.2 Å². The minimum atomic E-state index is -0.511. The predicted octanol–water partition coefficient (Wildman–Crippen LogP) is 4.89. The molecular formula is C28H25N3O4. The molecule has 0 aliphatic heterocycles. The number of carbonyl (C=O) groups is 2. The zero-order valence-electron chi connectivity index (χ0n) is 19.4. The third-order valence-corrected chi connectivity index (χ3v) is 5.55. The fraction of sp³-hybridized carbons (Fsp3) is 0.107. The first-order valence-corrected chi connectivity index (χ1v) is 11.0. The van der Waals surface area contributed by atoms with Crippen LogP contribution in [0.3, 0.4) is 0 Å². The number of methoxy groups -OCH3 is 1. The van der Waals surface area contributed by atoms with Crippen molar-refractivity contribution in [3.05, 3.63) is 102 Å². The molecule has 0 fully saturated rings. The maximum absolute atomic E-state index is 12.8. The Hall–Kier alpha value is -4.65. The van der Waals surface area contributed by atoms with Crippen molar-refractivity contribution >= 4 is 34.0 Å². The van der Waals surface area contributed by atoms with Crippen molar-refractivity contribution in [1.29, 1.82) is 0 Å². The second kappa shape index (κ2) is 10.5. The van der Waals surface area contributed by atoms with Gasteiger partial charge in [0.1, 0.15) is 11.5 Å². The van der Waals surface area contributed by atoms with Crippen molar-refractivity contribution in [2.24, 2.45) is 5.10 Å². The first kappa shape index (κ1) is 23.5. The van der Waals surface area contributed by atoms with Gasteiger partial charge in [0, 0.05) is 5.69 Å². The summed E-state index contributed by atoms with van der Waals surface area (Å²) in [5.41, 5.74) is 5.46. The number of fused-ring (bicyclic) bond motifs is 1. The Balaban J connectivity index is 1.44. The Morgan fingerprint density at radius 1 is 0.943 bits per heavy atom. The lowest BCUT2D eigenvalue weighted by Gasteiger charge is -2.10. The van der Waals surface area contributed by atoms with Gasteiger partial charge in [0.25, 0.3) is 5.91 Å². The number of amides is 2. The molecule has 0 saturated heterocycles. The highest BCUT2D eigenvalue weighted by Crippen LogP contribution is 2.27. The van der Waals surface area contributed by atoms with Crippen LogP contribution in [0.25, 0.3) is 10.8 Å². The Morgan fingerprint density at radius 3 is 2.49 bits per heavy atom. The molecule has 3 N–H and O–H groups in total. The topological polar surface area (TPSA) is 100 Å². The number of benzene rings is 4. The van der Waals surface area contributed by atoms with Crippen LogP contribution in [0.4, 0.5) is 5.69 Å². The van der Waals surface area contributed by atoms with Gasteiger partial charge in [0.15, 0.2) is 0 Å². The average Bonchev–Trinajstić information content (AvgIpc) is 2.87. The van der Waals surface area contributed by atoms with E-state index in [2.05, 4.69) is 15.8 Å². The molecule has 0 aliphatic carbocycles. The van der Waals surface area contributed by atoms with Crippen LogP contribution in [-0.2, 0) is 11.2 Å². The van der Waals surface area contributed by atoms with E-state index in [1.807, 2.05) is 48.5 Å². The normalized spacial score (nSPS) is 11.2. The van der Waals surface area contributed by atoms with Crippen LogP contribution in [0.1, 0.15) is 28.4 Å². The molecule has 176 valence electrons. The SMILES string of the molecule is COc1ccc(CC(=O)Nc2cccc(/C(C)=N/NC(=O)c3c(O)ccc4ccccc34)c2)cc1. The summed E-state index contributed by atoms with van der Waals surface area (Å²) in [7, 11) is 1.60. The lowest BCUT2D eigenvalue weighted by Crippen LogP contribution is -2.20. The van der Waals surface area contributed by atoms with Crippen LogP contribution in [0.15, 0.2) is 90.0 Å². The molecule has 4 rings (SSSR count). The Bertz CT molecular complexity index is 1410. The maximum atomic E-state index is 12.8. The fourth-order valence-electron chi connectivity index (χ4n) is 3.71. The van der Waals surface area contributed by atoms with Gasteiger partial charge < -0.3 is 15.2 Å². The second-order valence-corrected chi connectivity index (χ2v) is 7.97. The number of rotatable bonds is 7. The van der Waals surface area contributed by atoms with E-state index in [1.54, 1.807) is 44.4 Å². The smallest absolute Gasteiger partial charge is 0.275 e. The number of hydrogen-bond donors (Lipinski definition) is 3. The van der Waals surface area contributed by atoms with Crippen molar-refractivity contribution < 1.29 is 19.4 Å². The highest BCUT2D eigenvalue weighted by Gasteiger charge is 2.15. The van der Waals surface area contributed by atoms with Gasteiger partial charge in [-0.2, -0.15) is 5.10 Å². The number of nitrogens with one attached hydrogen (secondary N) is 2. The number of anilines is 1. The summed E-state index contributed by atoms with van der Waals surface area (Å²) in [6.07, 6.45) is 0.228. The van der Waals surface area contributed by atoms with E-state index in [0.29, 0.717) is 16.8 Å². The minimum absolute atomic E-state index is 0.115. The highest BCUT2D eigenvalue weighted by molar-refractivity contribution is 6.10. The fourth-order valence-corrected chi connectivity index (χ4v) is 3.71. The summed E-state index contributed by atoms with van der Waals surface area (Å²) >= 11 is 0. The Kier molecular flexibility index (Phi) is 7.07. The quantitative estimate of drug-likeness (QED) is 0.266. The number of carbonyl (C=O) groups excluding carboxylic acids is 2.